The van der Waals surface area contributed by atoms with E-state index in [9.17, 15) is 15.0 Å². The summed E-state index contributed by atoms with van der Waals surface area (Å²) >= 11 is 0. The number of hydrogen-bond acceptors (Lipinski definition) is 3. The highest BCUT2D eigenvalue weighted by molar-refractivity contribution is 6.14. The van der Waals surface area contributed by atoms with E-state index in [2.05, 4.69) is 4.98 Å². The Kier molecular flexibility index (Phi) is 2.16. The van der Waals surface area contributed by atoms with E-state index in [0.717, 1.165) is 0 Å². The summed E-state index contributed by atoms with van der Waals surface area (Å²) in [6.07, 6.45) is 0. The van der Waals surface area contributed by atoms with Crippen LogP contribution in [0.2, 0.25) is 0 Å². The number of carbonyl (C=O) groups is 1. The van der Waals surface area contributed by atoms with Crippen LogP contribution < -0.4 is 0 Å². The Hall–Kier alpha value is -2.62. The van der Waals surface area contributed by atoms with Crippen molar-refractivity contribution < 1.29 is 15.0 Å². The number of fused-ring (bicyclic) bond motifs is 2. The number of phenols is 1. The molecule has 0 radical (unpaired) electrons. The first-order valence-electron chi connectivity index (χ1n) is 5.42. The molecule has 88 valence electrons. The van der Waals surface area contributed by atoms with Gasteiger partial charge in [-0.15, -0.1) is 0 Å². The summed E-state index contributed by atoms with van der Waals surface area (Å²) in [5.74, 6) is -1.04. The van der Waals surface area contributed by atoms with Gasteiger partial charge in [0.2, 0.25) is 0 Å². The zero-order valence-electron chi connectivity index (χ0n) is 9.29. The van der Waals surface area contributed by atoms with Crippen LogP contribution in [0.3, 0.4) is 0 Å². The van der Waals surface area contributed by atoms with Gasteiger partial charge in [0.15, 0.2) is 0 Å². The standard InChI is InChI=1S/C14H9NO3/c16-11-7-3-5-9-12(14(17)18)8-4-1-2-6-10(8)15-13(9)11/h1-7,16H,(H,17,18). The number of hydrogen-bond donors (Lipinski definition) is 2. The molecule has 4 nitrogen and oxygen atoms in total. The zero-order chi connectivity index (χ0) is 12.7. The predicted molar refractivity (Wildman–Crippen MR) is 67.9 cm³/mol. The van der Waals surface area contributed by atoms with Crippen molar-refractivity contribution in [1.82, 2.24) is 4.98 Å². The molecule has 0 aliphatic rings. The fourth-order valence-electron chi connectivity index (χ4n) is 2.13. The Balaban J connectivity index is 2.63. The molecule has 2 aromatic carbocycles. The second-order valence-electron chi connectivity index (χ2n) is 3.98. The van der Waals surface area contributed by atoms with Gasteiger partial charge in [-0.2, -0.15) is 0 Å². The number of nitrogens with zero attached hydrogens (tertiary/aromatic N) is 1. The largest absolute Gasteiger partial charge is 0.506 e. The minimum Gasteiger partial charge on any atom is -0.506 e. The van der Waals surface area contributed by atoms with Gasteiger partial charge in [-0.1, -0.05) is 30.3 Å². The third kappa shape index (κ3) is 1.39. The maximum atomic E-state index is 11.4. The predicted octanol–water partition coefficient (Wildman–Crippen LogP) is 2.79. The first kappa shape index (κ1) is 10.5. The molecule has 0 aliphatic carbocycles. The topological polar surface area (TPSA) is 70.4 Å². The first-order valence-corrected chi connectivity index (χ1v) is 5.42. The third-order valence-corrected chi connectivity index (χ3v) is 2.90. The SMILES string of the molecule is O=C(O)c1c2ccccc2nc2c(O)cccc12. The van der Waals surface area contributed by atoms with Crippen molar-refractivity contribution in [2.24, 2.45) is 0 Å². The number of aromatic carboxylic acids is 1. The van der Waals surface area contributed by atoms with Gasteiger partial charge in [-0.3, -0.25) is 0 Å². The fourth-order valence-corrected chi connectivity index (χ4v) is 2.13. The molecule has 18 heavy (non-hydrogen) atoms. The second-order valence-corrected chi connectivity index (χ2v) is 3.98. The molecule has 0 unspecified atom stereocenters. The van der Waals surface area contributed by atoms with Gasteiger partial charge in [-0.05, 0) is 12.1 Å². The molecule has 3 aromatic rings. The van der Waals surface area contributed by atoms with Crippen LogP contribution in [0.1, 0.15) is 10.4 Å². The molecular weight excluding hydrogens is 230 g/mol. The van der Waals surface area contributed by atoms with Gasteiger partial charge < -0.3 is 10.2 Å². The van der Waals surface area contributed by atoms with Crippen molar-refractivity contribution >= 4 is 27.8 Å². The Morgan fingerprint density at radius 3 is 2.50 bits per heavy atom. The number of aromatic nitrogens is 1. The molecule has 0 saturated heterocycles. The number of carboxylic acid groups (broad SMARTS) is 1. The summed E-state index contributed by atoms with van der Waals surface area (Å²) in [5.41, 5.74) is 1.05. The van der Waals surface area contributed by atoms with Crippen molar-refractivity contribution in [3.8, 4) is 5.75 Å². The van der Waals surface area contributed by atoms with Crippen molar-refractivity contribution in [3.05, 3.63) is 48.0 Å². The Morgan fingerprint density at radius 1 is 1.00 bits per heavy atom. The Bertz CT molecular complexity index is 780. The summed E-state index contributed by atoms with van der Waals surface area (Å²) in [6, 6.07) is 11.8. The van der Waals surface area contributed by atoms with Crippen LogP contribution in [0.5, 0.6) is 5.75 Å². The molecule has 2 N–H and O–H groups in total. The van der Waals surface area contributed by atoms with Crippen LogP contribution in [-0.2, 0) is 0 Å². The van der Waals surface area contributed by atoms with Crippen LogP contribution in [0.4, 0.5) is 0 Å². The molecule has 4 heteroatoms. The lowest BCUT2D eigenvalue weighted by atomic mass is 10.0. The molecule has 0 bridgehead atoms. The van der Waals surface area contributed by atoms with E-state index >= 15 is 0 Å². The number of pyridine rings is 1. The molecule has 0 spiro atoms. The summed E-state index contributed by atoms with van der Waals surface area (Å²) < 4.78 is 0. The molecule has 0 aliphatic heterocycles. The van der Waals surface area contributed by atoms with E-state index in [1.54, 1.807) is 36.4 Å². The highest BCUT2D eigenvalue weighted by atomic mass is 16.4. The highest BCUT2D eigenvalue weighted by Crippen LogP contribution is 2.30. The molecule has 3 rings (SSSR count). The van der Waals surface area contributed by atoms with Crippen LogP contribution in [0.15, 0.2) is 42.5 Å². The van der Waals surface area contributed by atoms with Gasteiger partial charge in [0.05, 0.1) is 11.1 Å². The third-order valence-electron chi connectivity index (χ3n) is 2.90. The molecule has 1 aromatic heterocycles. The van der Waals surface area contributed by atoms with Gasteiger partial charge in [-0.25, -0.2) is 9.78 Å². The van der Waals surface area contributed by atoms with Crippen LogP contribution in [0.25, 0.3) is 21.8 Å². The van der Waals surface area contributed by atoms with E-state index < -0.39 is 5.97 Å². The zero-order valence-corrected chi connectivity index (χ0v) is 9.29. The lowest BCUT2D eigenvalue weighted by molar-refractivity contribution is 0.0701. The van der Waals surface area contributed by atoms with Crippen molar-refractivity contribution in [2.45, 2.75) is 0 Å². The molecule has 0 amide bonds. The number of aromatic hydroxyl groups is 1. The number of para-hydroxylation sites is 2. The number of benzene rings is 2. The summed E-state index contributed by atoms with van der Waals surface area (Å²) in [7, 11) is 0. The fraction of sp³-hybridized carbons (Fsp3) is 0. The minimum atomic E-state index is -1.02. The smallest absolute Gasteiger partial charge is 0.337 e. The molecule has 0 fully saturated rings. The monoisotopic (exact) mass is 239 g/mol. The van der Waals surface area contributed by atoms with Crippen LogP contribution in [0, 0.1) is 0 Å². The average Bonchev–Trinajstić information content (AvgIpc) is 2.36. The molecule has 1 heterocycles. The summed E-state index contributed by atoms with van der Waals surface area (Å²) in [5, 5.41) is 20.2. The highest BCUT2D eigenvalue weighted by Gasteiger charge is 2.16. The van der Waals surface area contributed by atoms with Gasteiger partial charge in [0.1, 0.15) is 11.3 Å². The summed E-state index contributed by atoms with van der Waals surface area (Å²) in [6.45, 7) is 0. The van der Waals surface area contributed by atoms with Crippen molar-refractivity contribution in [2.75, 3.05) is 0 Å². The maximum Gasteiger partial charge on any atom is 0.337 e. The van der Waals surface area contributed by atoms with Gasteiger partial charge >= 0.3 is 5.97 Å². The lowest BCUT2D eigenvalue weighted by Gasteiger charge is -2.07. The second kappa shape index (κ2) is 3.70. The molecule has 0 atom stereocenters. The first-order chi connectivity index (χ1) is 8.68. The number of carboxylic acids is 1. The minimum absolute atomic E-state index is 0.0132. The average molecular weight is 239 g/mol. The van der Waals surface area contributed by atoms with Crippen LogP contribution in [-0.4, -0.2) is 21.2 Å². The van der Waals surface area contributed by atoms with E-state index in [1.807, 2.05) is 0 Å². The molecule has 0 saturated carbocycles. The van der Waals surface area contributed by atoms with Crippen LogP contribution >= 0.6 is 0 Å². The van der Waals surface area contributed by atoms with Crippen molar-refractivity contribution in [3.63, 3.8) is 0 Å². The maximum absolute atomic E-state index is 11.4. The number of phenolic OH excluding ortho intramolecular Hbond substituents is 1. The van der Waals surface area contributed by atoms with E-state index in [4.69, 9.17) is 0 Å². The van der Waals surface area contributed by atoms with Gasteiger partial charge in [0, 0.05) is 10.8 Å². The van der Waals surface area contributed by atoms with E-state index in [0.29, 0.717) is 21.8 Å². The number of rotatable bonds is 1. The molecular formula is C14H9NO3. The Labute approximate surface area is 102 Å². The Morgan fingerprint density at radius 2 is 1.72 bits per heavy atom. The summed E-state index contributed by atoms with van der Waals surface area (Å²) in [4.78, 5) is 15.7. The lowest BCUT2D eigenvalue weighted by Crippen LogP contribution is -2.00. The normalized spacial score (nSPS) is 10.9. The van der Waals surface area contributed by atoms with Gasteiger partial charge in [0.25, 0.3) is 0 Å². The quantitative estimate of drug-likeness (QED) is 0.640. The van der Waals surface area contributed by atoms with E-state index in [1.165, 1.54) is 6.07 Å². The van der Waals surface area contributed by atoms with Crippen molar-refractivity contribution in [1.29, 1.82) is 0 Å². The van der Waals surface area contributed by atoms with E-state index in [-0.39, 0.29) is 11.3 Å².